The van der Waals surface area contributed by atoms with Crippen molar-refractivity contribution in [1.29, 1.82) is 0 Å². The Morgan fingerprint density at radius 2 is 1.90 bits per heavy atom. The van der Waals surface area contributed by atoms with Crippen LogP contribution in [0.1, 0.15) is 44.1 Å². The summed E-state index contributed by atoms with van der Waals surface area (Å²) in [6.07, 6.45) is 6.72. The van der Waals surface area contributed by atoms with Gasteiger partial charge in [-0.1, -0.05) is 49.6 Å². The van der Waals surface area contributed by atoms with E-state index in [-0.39, 0.29) is 11.5 Å². The highest BCUT2D eigenvalue weighted by Crippen LogP contribution is 2.41. The van der Waals surface area contributed by atoms with Gasteiger partial charge in [-0.05, 0) is 24.8 Å². The molecule has 1 aromatic rings. The third-order valence-electron chi connectivity index (χ3n) is 5.21. The Morgan fingerprint density at radius 3 is 2.52 bits per heavy atom. The van der Waals surface area contributed by atoms with E-state index in [0.29, 0.717) is 5.91 Å². The maximum absolute atomic E-state index is 13.3. The van der Waals surface area contributed by atoms with Crippen LogP contribution in [0.25, 0.3) is 0 Å². The molecule has 1 aromatic carbocycles. The first-order valence-electron chi connectivity index (χ1n) is 8.14. The molecule has 0 N–H and O–H groups in total. The topological polar surface area (TPSA) is 29.5 Å². The number of hydrogen-bond acceptors (Lipinski definition) is 2. The van der Waals surface area contributed by atoms with Gasteiger partial charge in [0.05, 0.1) is 11.5 Å². The zero-order valence-electron chi connectivity index (χ0n) is 12.9. The number of rotatable bonds is 3. The van der Waals surface area contributed by atoms with Gasteiger partial charge in [-0.25, -0.2) is 0 Å². The average Bonchev–Trinajstić information content (AvgIpc) is 3.04. The SMILES string of the molecule is CO[C@@H]1CCN(C(=O)C2(c3ccccc3)CCCCC2)C1. The minimum Gasteiger partial charge on any atom is -0.380 e. The Labute approximate surface area is 127 Å². The zero-order chi connectivity index (χ0) is 14.7. The normalized spacial score (nSPS) is 25.0. The van der Waals surface area contributed by atoms with E-state index in [0.717, 1.165) is 45.2 Å². The van der Waals surface area contributed by atoms with Crippen LogP contribution in [0.2, 0.25) is 0 Å². The number of nitrogens with zero attached hydrogens (tertiary/aromatic N) is 1. The molecule has 1 saturated carbocycles. The molecular weight excluding hydrogens is 262 g/mol. The summed E-state index contributed by atoms with van der Waals surface area (Å²) in [5, 5.41) is 0. The maximum Gasteiger partial charge on any atom is 0.233 e. The fourth-order valence-corrected chi connectivity index (χ4v) is 3.95. The van der Waals surface area contributed by atoms with Crippen LogP contribution in [0.15, 0.2) is 30.3 Å². The lowest BCUT2D eigenvalue weighted by Gasteiger charge is -2.39. The van der Waals surface area contributed by atoms with E-state index in [9.17, 15) is 4.79 Å². The number of benzene rings is 1. The van der Waals surface area contributed by atoms with Crippen molar-refractivity contribution < 1.29 is 9.53 Å². The number of hydrogen-bond donors (Lipinski definition) is 0. The first-order chi connectivity index (χ1) is 10.3. The lowest BCUT2D eigenvalue weighted by molar-refractivity contribution is -0.138. The van der Waals surface area contributed by atoms with Crippen molar-refractivity contribution in [2.24, 2.45) is 0 Å². The Bertz CT molecular complexity index is 479. The van der Waals surface area contributed by atoms with Gasteiger partial charge in [-0.2, -0.15) is 0 Å². The minimum atomic E-state index is -0.290. The van der Waals surface area contributed by atoms with Crippen molar-refractivity contribution in [3.63, 3.8) is 0 Å². The number of ether oxygens (including phenoxy) is 1. The van der Waals surface area contributed by atoms with E-state index in [1.165, 1.54) is 12.0 Å². The van der Waals surface area contributed by atoms with E-state index in [4.69, 9.17) is 4.74 Å². The molecule has 1 saturated heterocycles. The van der Waals surface area contributed by atoms with E-state index in [1.807, 2.05) is 11.0 Å². The summed E-state index contributed by atoms with van der Waals surface area (Å²) < 4.78 is 5.42. The van der Waals surface area contributed by atoms with Gasteiger partial charge in [0, 0.05) is 20.2 Å². The van der Waals surface area contributed by atoms with Gasteiger partial charge in [0.2, 0.25) is 5.91 Å². The van der Waals surface area contributed by atoms with Gasteiger partial charge in [0.1, 0.15) is 0 Å². The lowest BCUT2D eigenvalue weighted by Crippen LogP contribution is -2.47. The molecule has 1 heterocycles. The van der Waals surface area contributed by atoms with Crippen molar-refractivity contribution in [1.82, 2.24) is 4.90 Å². The highest BCUT2D eigenvalue weighted by molar-refractivity contribution is 5.88. The molecule has 0 aromatic heterocycles. The second kappa shape index (κ2) is 6.18. The molecule has 0 spiro atoms. The van der Waals surface area contributed by atoms with Crippen LogP contribution < -0.4 is 0 Å². The number of carbonyl (C=O) groups is 1. The first kappa shape index (κ1) is 14.6. The van der Waals surface area contributed by atoms with Gasteiger partial charge in [-0.3, -0.25) is 4.79 Å². The smallest absolute Gasteiger partial charge is 0.233 e. The molecule has 3 nitrogen and oxygen atoms in total. The van der Waals surface area contributed by atoms with Gasteiger partial charge in [0.15, 0.2) is 0 Å². The van der Waals surface area contributed by atoms with Crippen LogP contribution in [0.3, 0.4) is 0 Å². The van der Waals surface area contributed by atoms with Crippen molar-refractivity contribution in [2.45, 2.75) is 50.0 Å². The Hall–Kier alpha value is -1.35. The first-order valence-corrected chi connectivity index (χ1v) is 8.14. The summed E-state index contributed by atoms with van der Waals surface area (Å²) in [6.45, 7) is 1.59. The lowest BCUT2D eigenvalue weighted by atomic mass is 9.68. The van der Waals surface area contributed by atoms with E-state index < -0.39 is 0 Å². The number of carbonyl (C=O) groups excluding carboxylic acids is 1. The molecule has 114 valence electrons. The van der Waals surface area contributed by atoms with Crippen LogP contribution in [0.4, 0.5) is 0 Å². The van der Waals surface area contributed by atoms with E-state index in [2.05, 4.69) is 24.3 Å². The third-order valence-corrected chi connectivity index (χ3v) is 5.21. The summed E-state index contributed by atoms with van der Waals surface area (Å²) >= 11 is 0. The van der Waals surface area contributed by atoms with E-state index in [1.54, 1.807) is 7.11 Å². The molecule has 1 aliphatic heterocycles. The highest BCUT2D eigenvalue weighted by Gasteiger charge is 2.44. The quantitative estimate of drug-likeness (QED) is 0.855. The molecular formula is C18H25NO2. The fourth-order valence-electron chi connectivity index (χ4n) is 3.95. The monoisotopic (exact) mass is 287 g/mol. The summed E-state index contributed by atoms with van der Waals surface area (Å²) in [7, 11) is 1.74. The molecule has 0 radical (unpaired) electrons. The second-order valence-electron chi connectivity index (χ2n) is 6.41. The molecule has 1 aliphatic carbocycles. The largest absolute Gasteiger partial charge is 0.380 e. The van der Waals surface area contributed by atoms with Gasteiger partial charge in [-0.15, -0.1) is 0 Å². The van der Waals surface area contributed by atoms with Crippen LogP contribution in [-0.2, 0) is 14.9 Å². The molecule has 0 bridgehead atoms. The summed E-state index contributed by atoms with van der Waals surface area (Å²) in [5.74, 6) is 0.327. The van der Waals surface area contributed by atoms with Crippen molar-refractivity contribution >= 4 is 5.91 Å². The van der Waals surface area contributed by atoms with Crippen molar-refractivity contribution in [3.8, 4) is 0 Å². The molecule has 3 heteroatoms. The van der Waals surface area contributed by atoms with Crippen molar-refractivity contribution in [2.75, 3.05) is 20.2 Å². The molecule has 1 atom stereocenters. The van der Waals surface area contributed by atoms with Crippen LogP contribution in [0, 0.1) is 0 Å². The third kappa shape index (κ3) is 2.71. The summed E-state index contributed by atoms with van der Waals surface area (Å²) in [5.41, 5.74) is 0.915. The Morgan fingerprint density at radius 1 is 1.19 bits per heavy atom. The number of likely N-dealkylation sites (tertiary alicyclic amines) is 1. The summed E-state index contributed by atoms with van der Waals surface area (Å²) in [4.78, 5) is 15.3. The van der Waals surface area contributed by atoms with Gasteiger partial charge < -0.3 is 9.64 Å². The molecule has 21 heavy (non-hydrogen) atoms. The molecule has 3 rings (SSSR count). The van der Waals surface area contributed by atoms with Gasteiger partial charge in [0.25, 0.3) is 0 Å². The van der Waals surface area contributed by atoms with E-state index >= 15 is 0 Å². The Kier molecular flexibility index (Phi) is 4.29. The Balaban J connectivity index is 1.87. The van der Waals surface area contributed by atoms with Crippen LogP contribution in [0.5, 0.6) is 0 Å². The fraction of sp³-hybridized carbons (Fsp3) is 0.611. The predicted octanol–water partition coefficient (Wildman–Crippen LogP) is 3.14. The molecule has 2 aliphatic rings. The highest BCUT2D eigenvalue weighted by atomic mass is 16.5. The van der Waals surface area contributed by atoms with Gasteiger partial charge >= 0.3 is 0 Å². The minimum absolute atomic E-state index is 0.213. The average molecular weight is 287 g/mol. The molecule has 1 amide bonds. The van der Waals surface area contributed by atoms with Crippen molar-refractivity contribution in [3.05, 3.63) is 35.9 Å². The molecule has 2 fully saturated rings. The predicted molar refractivity (Wildman–Crippen MR) is 83.2 cm³/mol. The maximum atomic E-state index is 13.3. The number of methoxy groups -OCH3 is 1. The number of amides is 1. The standard InChI is InChI=1S/C18H25NO2/c1-21-16-10-13-19(14-16)17(20)18(11-6-3-7-12-18)15-8-4-2-5-9-15/h2,4-5,8-9,16H,3,6-7,10-14H2,1H3/t16-/m1/s1. The summed E-state index contributed by atoms with van der Waals surface area (Å²) in [6, 6.07) is 10.4. The van der Waals surface area contributed by atoms with Crippen LogP contribution >= 0.6 is 0 Å². The second-order valence-corrected chi connectivity index (χ2v) is 6.41. The molecule has 0 unspecified atom stereocenters. The van der Waals surface area contributed by atoms with Crippen LogP contribution in [-0.4, -0.2) is 37.1 Å². The zero-order valence-corrected chi connectivity index (χ0v) is 12.9.